The van der Waals surface area contributed by atoms with Crippen molar-refractivity contribution >= 4 is 0 Å². The van der Waals surface area contributed by atoms with Crippen LogP contribution in [0.1, 0.15) is 33.4 Å². The minimum Gasteiger partial charge on any atom is -0.508 e. The molecular weight excluding hydrogens is 616 g/mol. The topological polar surface area (TPSA) is 120 Å². The maximum Gasteiger partial charge on any atom is 0.131 e. The molecule has 6 rings (SSSR count). The molecule has 7 nitrogen and oxygen atoms in total. The molecule has 0 aromatic heterocycles. The van der Waals surface area contributed by atoms with Crippen molar-refractivity contribution in [3.63, 3.8) is 0 Å². The Morgan fingerprint density at radius 1 is 0.286 bits per heavy atom. The smallest absolute Gasteiger partial charge is 0.131 e. The molecule has 0 unspecified atom stereocenters. The Morgan fingerprint density at radius 2 is 0.653 bits per heavy atom. The number of phenolic OH excluding ortho intramolecular Hbond substituents is 5. The van der Waals surface area contributed by atoms with Crippen molar-refractivity contribution in [2.45, 2.75) is 38.5 Å². The summed E-state index contributed by atoms with van der Waals surface area (Å²) in [4.78, 5) is 0. The third-order valence-corrected chi connectivity index (χ3v) is 8.20. The minimum absolute atomic E-state index is 0.0920. The summed E-state index contributed by atoms with van der Waals surface area (Å²) in [6, 6.07) is 37.4. The van der Waals surface area contributed by atoms with E-state index in [0.29, 0.717) is 48.7 Å². The van der Waals surface area contributed by atoms with Gasteiger partial charge in [0.1, 0.15) is 51.7 Å². The summed E-state index contributed by atoms with van der Waals surface area (Å²) < 4.78 is 12.6. The zero-order valence-corrected chi connectivity index (χ0v) is 26.9. The lowest BCUT2D eigenvalue weighted by Gasteiger charge is -2.14. The predicted octanol–water partition coefficient (Wildman–Crippen LogP) is 9.15. The molecule has 0 amide bonds. The molecule has 248 valence electrons. The first-order valence-electron chi connectivity index (χ1n) is 16.2. The molecule has 0 aliphatic rings. The van der Waals surface area contributed by atoms with Crippen LogP contribution in [0.3, 0.4) is 0 Å². The lowest BCUT2D eigenvalue weighted by molar-refractivity contribution is 0.442. The molecule has 0 saturated carbocycles. The molecule has 0 aliphatic carbocycles. The monoisotopic (exact) mass is 654 g/mol. The van der Waals surface area contributed by atoms with Gasteiger partial charge in [0.05, 0.1) is 0 Å². The van der Waals surface area contributed by atoms with E-state index >= 15 is 0 Å². The molecule has 7 heteroatoms. The van der Waals surface area contributed by atoms with Gasteiger partial charge in [-0.15, -0.1) is 0 Å². The standard InChI is InChI=1S/C42H38O7/c43-34-14-10-28(11-15-34)4-7-31-19-37(46)25-39(21-31)48-41-23-33(9-6-30-2-1-3-36(45)18-30)24-42(27-41)49-40-22-32(20-38(47)26-40)8-5-29-12-16-35(44)17-13-29/h1-3,10-27,43-47H,4-9H2. The Morgan fingerprint density at radius 3 is 1.10 bits per heavy atom. The van der Waals surface area contributed by atoms with Crippen LogP contribution in [0.5, 0.6) is 51.7 Å². The van der Waals surface area contributed by atoms with E-state index in [-0.39, 0.29) is 28.7 Å². The van der Waals surface area contributed by atoms with Crippen LogP contribution in [-0.4, -0.2) is 25.5 Å². The Labute approximate surface area is 285 Å². The number of phenols is 5. The lowest BCUT2D eigenvalue weighted by atomic mass is 10.0. The molecule has 0 radical (unpaired) electrons. The van der Waals surface area contributed by atoms with Crippen LogP contribution >= 0.6 is 0 Å². The fraction of sp³-hybridized carbons (Fsp3) is 0.143. The second kappa shape index (κ2) is 15.2. The van der Waals surface area contributed by atoms with Crippen molar-refractivity contribution in [2.75, 3.05) is 0 Å². The second-order valence-corrected chi connectivity index (χ2v) is 12.2. The molecule has 0 spiro atoms. The first-order chi connectivity index (χ1) is 23.7. The Kier molecular flexibility index (Phi) is 10.2. The van der Waals surface area contributed by atoms with Crippen LogP contribution in [0.2, 0.25) is 0 Å². The quantitative estimate of drug-likeness (QED) is 0.0842. The minimum atomic E-state index is 0.0920. The predicted molar refractivity (Wildman–Crippen MR) is 189 cm³/mol. The van der Waals surface area contributed by atoms with Gasteiger partial charge in [-0.3, -0.25) is 0 Å². The van der Waals surface area contributed by atoms with E-state index in [0.717, 1.165) is 46.2 Å². The largest absolute Gasteiger partial charge is 0.508 e. The average Bonchev–Trinajstić information content (AvgIpc) is 3.06. The number of aryl methyl sites for hydroxylation is 6. The molecular formula is C42H38O7. The van der Waals surface area contributed by atoms with E-state index in [9.17, 15) is 25.5 Å². The molecule has 0 fully saturated rings. The fourth-order valence-corrected chi connectivity index (χ4v) is 5.76. The first-order valence-corrected chi connectivity index (χ1v) is 16.2. The highest BCUT2D eigenvalue weighted by Crippen LogP contribution is 2.34. The summed E-state index contributed by atoms with van der Waals surface area (Å²) in [6.07, 6.45) is 4.12. The number of benzene rings is 6. The normalized spacial score (nSPS) is 10.9. The molecule has 6 aromatic rings. The number of ether oxygens (including phenoxy) is 2. The van der Waals surface area contributed by atoms with Gasteiger partial charge in [-0.2, -0.15) is 0 Å². The van der Waals surface area contributed by atoms with Crippen LogP contribution < -0.4 is 9.47 Å². The molecule has 0 saturated heterocycles. The molecule has 0 atom stereocenters. The van der Waals surface area contributed by atoms with Gasteiger partial charge in [0.15, 0.2) is 0 Å². The summed E-state index contributed by atoms with van der Waals surface area (Å²) in [6.45, 7) is 0. The molecule has 6 aromatic carbocycles. The van der Waals surface area contributed by atoms with Crippen LogP contribution in [0.4, 0.5) is 0 Å². The van der Waals surface area contributed by atoms with Gasteiger partial charge < -0.3 is 35.0 Å². The third-order valence-electron chi connectivity index (χ3n) is 8.20. The van der Waals surface area contributed by atoms with Crippen molar-refractivity contribution in [2.24, 2.45) is 0 Å². The number of hydrogen-bond donors (Lipinski definition) is 5. The van der Waals surface area contributed by atoms with E-state index in [2.05, 4.69) is 0 Å². The fourth-order valence-electron chi connectivity index (χ4n) is 5.76. The van der Waals surface area contributed by atoms with Gasteiger partial charge in [0.2, 0.25) is 0 Å². The van der Waals surface area contributed by atoms with Crippen molar-refractivity contribution in [3.8, 4) is 51.7 Å². The number of aromatic hydroxyl groups is 5. The second-order valence-electron chi connectivity index (χ2n) is 12.2. The van der Waals surface area contributed by atoms with E-state index in [4.69, 9.17) is 9.47 Å². The maximum absolute atomic E-state index is 10.5. The van der Waals surface area contributed by atoms with Gasteiger partial charge in [-0.1, -0.05) is 36.4 Å². The molecule has 0 aliphatic heterocycles. The van der Waals surface area contributed by atoms with Crippen molar-refractivity contribution in [1.82, 2.24) is 0 Å². The van der Waals surface area contributed by atoms with Crippen molar-refractivity contribution < 1.29 is 35.0 Å². The SMILES string of the molecule is Oc1ccc(CCc2cc(O)cc(Oc3cc(CCc4cccc(O)c4)cc(Oc4cc(O)cc(CCc5ccc(O)cc5)c4)c3)c2)cc1. The van der Waals surface area contributed by atoms with Crippen molar-refractivity contribution in [3.05, 3.63) is 161 Å². The highest BCUT2D eigenvalue weighted by atomic mass is 16.5. The van der Waals surface area contributed by atoms with Crippen LogP contribution in [0.15, 0.2) is 127 Å². The third kappa shape index (κ3) is 9.72. The van der Waals surface area contributed by atoms with Gasteiger partial charge in [0.25, 0.3) is 0 Å². The van der Waals surface area contributed by atoms with Gasteiger partial charge in [-0.05, 0) is 145 Å². The summed E-state index contributed by atoms with van der Waals surface area (Å²) in [5.41, 5.74) is 5.88. The van der Waals surface area contributed by atoms with E-state index in [1.807, 2.05) is 60.7 Å². The molecule has 49 heavy (non-hydrogen) atoms. The summed E-state index contributed by atoms with van der Waals surface area (Å²) in [7, 11) is 0. The first kappa shape index (κ1) is 32.8. The zero-order chi connectivity index (χ0) is 34.2. The van der Waals surface area contributed by atoms with Crippen LogP contribution in [0, 0.1) is 0 Å². The van der Waals surface area contributed by atoms with Crippen LogP contribution in [0.25, 0.3) is 0 Å². The average molecular weight is 655 g/mol. The highest BCUT2D eigenvalue weighted by molar-refractivity contribution is 5.47. The van der Waals surface area contributed by atoms with Crippen molar-refractivity contribution in [1.29, 1.82) is 0 Å². The summed E-state index contributed by atoms with van der Waals surface area (Å²) >= 11 is 0. The summed E-state index contributed by atoms with van der Waals surface area (Å²) in [5, 5.41) is 50.2. The lowest BCUT2D eigenvalue weighted by Crippen LogP contribution is -1.96. The summed E-state index contributed by atoms with van der Waals surface area (Å²) in [5.74, 6) is 2.84. The molecule has 0 heterocycles. The zero-order valence-electron chi connectivity index (χ0n) is 26.9. The van der Waals surface area contributed by atoms with Crippen LogP contribution in [-0.2, 0) is 38.5 Å². The Hall–Kier alpha value is -6.08. The highest BCUT2D eigenvalue weighted by Gasteiger charge is 2.11. The molecule has 5 N–H and O–H groups in total. The van der Waals surface area contributed by atoms with E-state index in [1.165, 1.54) is 0 Å². The Bertz CT molecular complexity index is 1900. The van der Waals surface area contributed by atoms with E-state index < -0.39 is 0 Å². The van der Waals surface area contributed by atoms with Gasteiger partial charge in [-0.25, -0.2) is 0 Å². The number of rotatable bonds is 13. The van der Waals surface area contributed by atoms with Gasteiger partial charge >= 0.3 is 0 Å². The van der Waals surface area contributed by atoms with E-state index in [1.54, 1.807) is 66.7 Å². The molecule has 0 bridgehead atoms. The maximum atomic E-state index is 10.5. The van der Waals surface area contributed by atoms with Gasteiger partial charge in [0, 0.05) is 18.2 Å². The number of hydrogen-bond acceptors (Lipinski definition) is 7. The Balaban J connectivity index is 1.23.